The SMILES string of the molecule is CCNC(=NCC1CCCOC1c1ccc(C)cc1)N1CCC(CN2CCCCC2)C1. The van der Waals surface area contributed by atoms with Crippen molar-refractivity contribution in [1.29, 1.82) is 0 Å². The molecule has 0 radical (unpaired) electrons. The van der Waals surface area contributed by atoms with Crippen LogP contribution in [0.1, 0.15) is 62.7 Å². The molecule has 1 aromatic rings. The highest BCUT2D eigenvalue weighted by Crippen LogP contribution is 2.34. The minimum atomic E-state index is 0.173. The van der Waals surface area contributed by atoms with Crippen molar-refractivity contribution in [2.75, 3.05) is 52.4 Å². The van der Waals surface area contributed by atoms with Gasteiger partial charge in [0.05, 0.1) is 6.10 Å². The van der Waals surface area contributed by atoms with E-state index in [4.69, 9.17) is 9.73 Å². The molecule has 0 aliphatic carbocycles. The molecular weight excluding hydrogens is 384 g/mol. The number of hydrogen-bond acceptors (Lipinski definition) is 3. The Bertz CT molecular complexity index is 698. The molecule has 3 atom stereocenters. The second-order valence-corrected chi connectivity index (χ2v) is 9.76. The number of nitrogens with zero attached hydrogens (tertiary/aromatic N) is 3. The van der Waals surface area contributed by atoms with E-state index in [1.807, 2.05) is 0 Å². The molecule has 3 heterocycles. The summed E-state index contributed by atoms with van der Waals surface area (Å²) < 4.78 is 6.23. The van der Waals surface area contributed by atoms with Crippen LogP contribution in [-0.2, 0) is 4.74 Å². The first-order valence-electron chi connectivity index (χ1n) is 12.7. The molecule has 1 N–H and O–H groups in total. The minimum Gasteiger partial charge on any atom is -0.373 e. The minimum absolute atomic E-state index is 0.173. The molecule has 172 valence electrons. The van der Waals surface area contributed by atoms with E-state index in [-0.39, 0.29) is 6.10 Å². The standard InChI is InChI=1S/C26H42N4O/c1-3-27-26(30-16-13-22(20-30)19-29-14-5-4-6-15-29)28-18-24-8-7-17-31-25(24)23-11-9-21(2)10-12-23/h9-12,22,24-25H,3-8,13-20H2,1-2H3,(H,27,28). The van der Waals surface area contributed by atoms with E-state index >= 15 is 0 Å². The predicted molar refractivity (Wildman–Crippen MR) is 129 cm³/mol. The molecule has 31 heavy (non-hydrogen) atoms. The maximum absolute atomic E-state index is 6.23. The van der Waals surface area contributed by atoms with E-state index in [0.29, 0.717) is 5.92 Å². The Morgan fingerprint density at radius 3 is 2.65 bits per heavy atom. The second kappa shape index (κ2) is 11.3. The van der Waals surface area contributed by atoms with Gasteiger partial charge in [-0.3, -0.25) is 4.99 Å². The van der Waals surface area contributed by atoms with Gasteiger partial charge in [-0.2, -0.15) is 0 Å². The van der Waals surface area contributed by atoms with Crippen LogP contribution in [0.3, 0.4) is 0 Å². The van der Waals surface area contributed by atoms with E-state index in [1.165, 1.54) is 62.9 Å². The zero-order valence-corrected chi connectivity index (χ0v) is 19.7. The van der Waals surface area contributed by atoms with Crippen molar-refractivity contribution in [3.8, 4) is 0 Å². The summed E-state index contributed by atoms with van der Waals surface area (Å²) in [5.41, 5.74) is 2.61. The lowest BCUT2D eigenvalue weighted by molar-refractivity contribution is -0.0250. The Morgan fingerprint density at radius 2 is 1.87 bits per heavy atom. The van der Waals surface area contributed by atoms with Crippen LogP contribution in [0.15, 0.2) is 29.3 Å². The smallest absolute Gasteiger partial charge is 0.193 e. The first-order valence-corrected chi connectivity index (χ1v) is 12.7. The zero-order valence-electron chi connectivity index (χ0n) is 19.7. The van der Waals surface area contributed by atoms with Crippen molar-refractivity contribution in [3.05, 3.63) is 35.4 Å². The molecule has 3 aliphatic rings. The Labute approximate surface area is 189 Å². The molecule has 5 nitrogen and oxygen atoms in total. The van der Waals surface area contributed by atoms with Crippen LogP contribution in [0.4, 0.5) is 0 Å². The lowest BCUT2D eigenvalue weighted by Gasteiger charge is -2.32. The lowest BCUT2D eigenvalue weighted by atomic mass is 9.89. The number of ether oxygens (including phenoxy) is 1. The average Bonchev–Trinajstić information content (AvgIpc) is 3.26. The fraction of sp³-hybridized carbons (Fsp3) is 0.731. The van der Waals surface area contributed by atoms with E-state index in [0.717, 1.165) is 51.1 Å². The summed E-state index contributed by atoms with van der Waals surface area (Å²) in [7, 11) is 0. The first kappa shape index (κ1) is 22.6. The lowest BCUT2D eigenvalue weighted by Crippen LogP contribution is -2.41. The van der Waals surface area contributed by atoms with E-state index in [9.17, 15) is 0 Å². The van der Waals surface area contributed by atoms with Crippen LogP contribution in [0.5, 0.6) is 0 Å². The highest BCUT2D eigenvalue weighted by atomic mass is 16.5. The van der Waals surface area contributed by atoms with Gasteiger partial charge in [0.2, 0.25) is 0 Å². The number of likely N-dealkylation sites (tertiary alicyclic amines) is 2. The number of hydrogen-bond donors (Lipinski definition) is 1. The molecule has 0 aromatic heterocycles. The molecular formula is C26H42N4O. The Kier molecular flexibility index (Phi) is 8.26. The van der Waals surface area contributed by atoms with Gasteiger partial charge in [0.15, 0.2) is 5.96 Å². The van der Waals surface area contributed by atoms with Gasteiger partial charge in [0.25, 0.3) is 0 Å². The van der Waals surface area contributed by atoms with Crippen LogP contribution in [0, 0.1) is 18.8 Å². The van der Waals surface area contributed by atoms with Crippen molar-refractivity contribution in [3.63, 3.8) is 0 Å². The van der Waals surface area contributed by atoms with Gasteiger partial charge < -0.3 is 19.9 Å². The fourth-order valence-electron chi connectivity index (χ4n) is 5.47. The summed E-state index contributed by atoms with van der Waals surface area (Å²) >= 11 is 0. The monoisotopic (exact) mass is 426 g/mol. The molecule has 0 saturated carbocycles. The first-order chi connectivity index (χ1) is 15.2. The van der Waals surface area contributed by atoms with Crippen LogP contribution < -0.4 is 5.32 Å². The van der Waals surface area contributed by atoms with Gasteiger partial charge in [0.1, 0.15) is 0 Å². The summed E-state index contributed by atoms with van der Waals surface area (Å²) in [4.78, 5) is 10.3. The number of piperidine rings is 1. The highest BCUT2D eigenvalue weighted by molar-refractivity contribution is 5.80. The van der Waals surface area contributed by atoms with Crippen molar-refractivity contribution < 1.29 is 4.74 Å². The molecule has 3 saturated heterocycles. The number of guanidine groups is 1. The van der Waals surface area contributed by atoms with Crippen LogP contribution in [0.25, 0.3) is 0 Å². The van der Waals surface area contributed by atoms with Gasteiger partial charge in [0, 0.05) is 45.2 Å². The van der Waals surface area contributed by atoms with E-state index in [1.54, 1.807) is 0 Å². The molecule has 3 unspecified atom stereocenters. The molecule has 0 spiro atoms. The number of nitrogens with one attached hydrogen (secondary N) is 1. The largest absolute Gasteiger partial charge is 0.373 e. The van der Waals surface area contributed by atoms with Crippen molar-refractivity contribution in [1.82, 2.24) is 15.1 Å². The van der Waals surface area contributed by atoms with Gasteiger partial charge in [-0.1, -0.05) is 36.2 Å². The second-order valence-electron chi connectivity index (χ2n) is 9.76. The molecule has 0 amide bonds. The van der Waals surface area contributed by atoms with Crippen molar-refractivity contribution in [2.45, 2.75) is 58.5 Å². The van der Waals surface area contributed by atoms with Crippen LogP contribution in [-0.4, -0.2) is 68.2 Å². The molecule has 5 heteroatoms. The number of aryl methyl sites for hydroxylation is 1. The fourth-order valence-corrected chi connectivity index (χ4v) is 5.47. The maximum Gasteiger partial charge on any atom is 0.193 e. The normalized spacial score (nSPS) is 28.1. The maximum atomic E-state index is 6.23. The van der Waals surface area contributed by atoms with E-state index < -0.39 is 0 Å². The third-order valence-electron chi connectivity index (χ3n) is 7.21. The highest BCUT2D eigenvalue weighted by Gasteiger charge is 2.29. The topological polar surface area (TPSA) is 40.1 Å². The van der Waals surface area contributed by atoms with Gasteiger partial charge >= 0.3 is 0 Å². The number of aliphatic imine (C=N–C) groups is 1. The molecule has 1 aromatic carbocycles. The Balaban J connectivity index is 1.36. The summed E-state index contributed by atoms with van der Waals surface area (Å²) in [5, 5.41) is 3.57. The molecule has 4 rings (SSSR count). The summed E-state index contributed by atoms with van der Waals surface area (Å²) in [6.07, 6.45) is 7.97. The van der Waals surface area contributed by atoms with Gasteiger partial charge in [-0.25, -0.2) is 0 Å². The van der Waals surface area contributed by atoms with Crippen molar-refractivity contribution >= 4 is 5.96 Å². The summed E-state index contributed by atoms with van der Waals surface area (Å²) in [6, 6.07) is 8.87. The van der Waals surface area contributed by atoms with Crippen LogP contribution in [0.2, 0.25) is 0 Å². The number of rotatable bonds is 6. The average molecular weight is 427 g/mol. The third kappa shape index (κ3) is 6.23. The van der Waals surface area contributed by atoms with E-state index in [2.05, 4.69) is 53.2 Å². The Morgan fingerprint density at radius 1 is 1.06 bits per heavy atom. The quantitative estimate of drug-likeness (QED) is 0.546. The zero-order chi connectivity index (χ0) is 21.5. The molecule has 3 fully saturated rings. The predicted octanol–water partition coefficient (Wildman–Crippen LogP) is 4.24. The Hall–Kier alpha value is -1.59. The number of benzene rings is 1. The third-order valence-corrected chi connectivity index (χ3v) is 7.21. The summed E-state index contributed by atoms with van der Waals surface area (Å²) in [5.74, 6) is 2.34. The van der Waals surface area contributed by atoms with Crippen molar-refractivity contribution in [2.24, 2.45) is 16.8 Å². The summed E-state index contributed by atoms with van der Waals surface area (Å²) in [6.45, 7) is 13.1. The molecule has 0 bridgehead atoms. The molecule has 3 aliphatic heterocycles. The van der Waals surface area contributed by atoms with Crippen LogP contribution >= 0.6 is 0 Å². The van der Waals surface area contributed by atoms with Gasteiger partial charge in [-0.15, -0.1) is 0 Å². The van der Waals surface area contributed by atoms with Gasteiger partial charge in [-0.05, 0) is 70.5 Å².